The number of carbonyl (C=O) groups excluding carboxylic acids is 1. The molecule has 2 rings (SSSR count). The minimum atomic E-state index is 0.146. The third-order valence-electron chi connectivity index (χ3n) is 4.66. The summed E-state index contributed by atoms with van der Waals surface area (Å²) in [6.45, 7) is 12.2. The van der Waals surface area contributed by atoms with E-state index in [2.05, 4.69) is 41.6 Å². The van der Waals surface area contributed by atoms with Gasteiger partial charge in [-0.15, -0.1) is 0 Å². The molecule has 0 aliphatic carbocycles. The molecule has 4 unspecified atom stereocenters. The fraction of sp³-hybridized carbons (Fsp3) is 0.688. The number of hydrogen-bond donors (Lipinski definition) is 1. The molecule has 2 aliphatic rings. The van der Waals surface area contributed by atoms with Crippen LogP contribution in [0.1, 0.15) is 40.0 Å². The SMILES string of the molecule is C=CN1/C(=C\C)CN2CC1C(NC(=O)CC)CCC2C. The van der Waals surface area contributed by atoms with Gasteiger partial charge in [0.2, 0.25) is 5.91 Å². The van der Waals surface area contributed by atoms with Crippen LogP contribution < -0.4 is 5.32 Å². The summed E-state index contributed by atoms with van der Waals surface area (Å²) < 4.78 is 0. The van der Waals surface area contributed by atoms with Crippen molar-refractivity contribution in [3.8, 4) is 0 Å². The number of hydrogen-bond acceptors (Lipinski definition) is 3. The number of carbonyl (C=O) groups is 1. The molecule has 2 bridgehead atoms. The highest BCUT2D eigenvalue weighted by Crippen LogP contribution is 2.29. The molecular weight excluding hydrogens is 250 g/mol. The fourth-order valence-electron chi connectivity index (χ4n) is 3.32. The molecule has 0 radical (unpaired) electrons. The number of piperazine rings is 1. The van der Waals surface area contributed by atoms with Gasteiger partial charge in [-0.05, 0) is 32.9 Å². The standard InChI is InChI=1S/C16H27N3O/c1-5-13-10-18-11-15(19(13)7-3)14(9-8-12(18)4)17-16(20)6-2/h5,7,12,14-15H,3,6,8-11H2,1-2,4H3,(H,17,20)/b13-5-. The number of allylic oxidation sites excluding steroid dienone is 1. The molecule has 2 saturated heterocycles. The third kappa shape index (κ3) is 2.90. The van der Waals surface area contributed by atoms with Gasteiger partial charge < -0.3 is 10.2 Å². The van der Waals surface area contributed by atoms with E-state index in [0.29, 0.717) is 18.5 Å². The predicted molar refractivity (Wildman–Crippen MR) is 82.1 cm³/mol. The molecule has 0 aromatic heterocycles. The molecule has 112 valence electrons. The Kier molecular flexibility index (Phi) is 4.86. The number of nitrogens with zero attached hydrogens (tertiary/aromatic N) is 2. The maximum absolute atomic E-state index is 11.8. The second kappa shape index (κ2) is 6.44. The van der Waals surface area contributed by atoms with Crippen LogP contribution in [0.4, 0.5) is 0 Å². The van der Waals surface area contributed by atoms with Crippen LogP contribution in [0.25, 0.3) is 0 Å². The van der Waals surface area contributed by atoms with Crippen molar-refractivity contribution in [3.63, 3.8) is 0 Å². The van der Waals surface area contributed by atoms with E-state index < -0.39 is 0 Å². The fourth-order valence-corrected chi connectivity index (χ4v) is 3.32. The molecule has 0 aromatic rings. The Morgan fingerprint density at radius 3 is 2.85 bits per heavy atom. The molecule has 1 amide bonds. The summed E-state index contributed by atoms with van der Waals surface area (Å²) in [7, 11) is 0. The molecule has 2 aliphatic heterocycles. The quantitative estimate of drug-likeness (QED) is 0.858. The summed E-state index contributed by atoms with van der Waals surface area (Å²) >= 11 is 0. The van der Waals surface area contributed by atoms with Crippen molar-refractivity contribution in [2.75, 3.05) is 13.1 Å². The van der Waals surface area contributed by atoms with Crippen LogP contribution in [0.15, 0.2) is 24.6 Å². The lowest BCUT2D eigenvalue weighted by molar-refractivity contribution is -0.121. The molecule has 4 nitrogen and oxygen atoms in total. The van der Waals surface area contributed by atoms with Crippen LogP contribution >= 0.6 is 0 Å². The number of rotatable bonds is 3. The molecule has 4 heteroatoms. The summed E-state index contributed by atoms with van der Waals surface area (Å²) in [5.41, 5.74) is 1.29. The minimum absolute atomic E-state index is 0.146. The largest absolute Gasteiger partial charge is 0.351 e. The molecule has 0 aromatic carbocycles. The van der Waals surface area contributed by atoms with Gasteiger partial charge in [0, 0.05) is 31.2 Å². The van der Waals surface area contributed by atoms with Crippen molar-refractivity contribution in [2.45, 2.75) is 58.2 Å². The second-order valence-electron chi connectivity index (χ2n) is 5.82. The molecule has 0 saturated carbocycles. The zero-order valence-electron chi connectivity index (χ0n) is 12.9. The first-order valence-corrected chi connectivity index (χ1v) is 7.70. The highest BCUT2D eigenvalue weighted by molar-refractivity contribution is 5.75. The van der Waals surface area contributed by atoms with Crippen LogP contribution in [0.2, 0.25) is 0 Å². The van der Waals surface area contributed by atoms with Crippen molar-refractivity contribution in [3.05, 3.63) is 24.6 Å². The van der Waals surface area contributed by atoms with Gasteiger partial charge >= 0.3 is 0 Å². The number of fused-ring (bicyclic) bond motifs is 2. The summed E-state index contributed by atoms with van der Waals surface area (Å²) in [5, 5.41) is 3.21. The van der Waals surface area contributed by atoms with Crippen molar-refractivity contribution in [2.24, 2.45) is 0 Å². The molecule has 1 N–H and O–H groups in total. The van der Waals surface area contributed by atoms with E-state index in [4.69, 9.17) is 0 Å². The van der Waals surface area contributed by atoms with Crippen LogP contribution in [-0.4, -0.2) is 46.9 Å². The Morgan fingerprint density at radius 2 is 2.25 bits per heavy atom. The van der Waals surface area contributed by atoms with Gasteiger partial charge in [0.15, 0.2) is 0 Å². The zero-order valence-corrected chi connectivity index (χ0v) is 12.9. The van der Waals surface area contributed by atoms with Gasteiger partial charge in [0.05, 0.1) is 12.1 Å². The zero-order chi connectivity index (χ0) is 14.7. The molecule has 20 heavy (non-hydrogen) atoms. The Balaban J connectivity index is 2.26. The molecule has 4 atom stereocenters. The number of nitrogens with one attached hydrogen (secondary N) is 1. The maximum atomic E-state index is 11.8. The van der Waals surface area contributed by atoms with Gasteiger partial charge in [-0.25, -0.2) is 0 Å². The van der Waals surface area contributed by atoms with Crippen LogP contribution in [-0.2, 0) is 4.79 Å². The monoisotopic (exact) mass is 277 g/mol. The smallest absolute Gasteiger partial charge is 0.220 e. The lowest BCUT2D eigenvalue weighted by Gasteiger charge is -2.45. The lowest BCUT2D eigenvalue weighted by Crippen LogP contribution is -2.57. The van der Waals surface area contributed by atoms with Gasteiger partial charge in [0.1, 0.15) is 0 Å². The highest BCUT2D eigenvalue weighted by atomic mass is 16.1. The average Bonchev–Trinajstić information content (AvgIpc) is 2.59. The third-order valence-corrected chi connectivity index (χ3v) is 4.66. The predicted octanol–water partition coefficient (Wildman–Crippen LogP) is 2.10. The van der Waals surface area contributed by atoms with Crippen molar-refractivity contribution in [1.82, 2.24) is 15.1 Å². The lowest BCUT2D eigenvalue weighted by atomic mass is 10.00. The highest BCUT2D eigenvalue weighted by Gasteiger charge is 2.38. The van der Waals surface area contributed by atoms with E-state index in [1.165, 1.54) is 5.70 Å². The molecule has 2 heterocycles. The maximum Gasteiger partial charge on any atom is 0.220 e. The Morgan fingerprint density at radius 1 is 1.50 bits per heavy atom. The normalized spacial score (nSPS) is 35.5. The number of amides is 1. The Labute approximate surface area is 122 Å². The molecular formula is C16H27N3O. The van der Waals surface area contributed by atoms with Crippen LogP contribution in [0.5, 0.6) is 0 Å². The minimum Gasteiger partial charge on any atom is -0.351 e. The molecule has 0 spiro atoms. The van der Waals surface area contributed by atoms with E-state index >= 15 is 0 Å². The second-order valence-corrected chi connectivity index (χ2v) is 5.82. The van der Waals surface area contributed by atoms with Crippen LogP contribution in [0.3, 0.4) is 0 Å². The van der Waals surface area contributed by atoms with Crippen molar-refractivity contribution in [1.29, 1.82) is 0 Å². The average molecular weight is 277 g/mol. The van der Waals surface area contributed by atoms with Crippen molar-refractivity contribution < 1.29 is 4.79 Å². The first-order valence-electron chi connectivity index (χ1n) is 7.70. The topological polar surface area (TPSA) is 35.6 Å². The van der Waals surface area contributed by atoms with Gasteiger partial charge in [0.25, 0.3) is 0 Å². The Bertz CT molecular complexity index is 405. The van der Waals surface area contributed by atoms with Crippen LogP contribution in [0, 0.1) is 0 Å². The van der Waals surface area contributed by atoms with E-state index in [0.717, 1.165) is 25.9 Å². The summed E-state index contributed by atoms with van der Waals surface area (Å²) in [6, 6.07) is 1.08. The first-order chi connectivity index (χ1) is 9.60. The van der Waals surface area contributed by atoms with Gasteiger partial charge in [-0.3, -0.25) is 9.69 Å². The summed E-state index contributed by atoms with van der Waals surface area (Å²) in [5.74, 6) is 0.146. The van der Waals surface area contributed by atoms with Gasteiger partial charge in [-0.1, -0.05) is 19.6 Å². The van der Waals surface area contributed by atoms with E-state index in [1.54, 1.807) is 0 Å². The Hall–Kier alpha value is -1.29. The first kappa shape index (κ1) is 15.1. The van der Waals surface area contributed by atoms with E-state index in [1.807, 2.05) is 13.1 Å². The summed E-state index contributed by atoms with van der Waals surface area (Å²) in [4.78, 5) is 16.6. The van der Waals surface area contributed by atoms with Gasteiger partial charge in [-0.2, -0.15) is 0 Å². The summed E-state index contributed by atoms with van der Waals surface area (Å²) in [6.07, 6.45) is 6.80. The van der Waals surface area contributed by atoms with Crippen molar-refractivity contribution >= 4 is 5.91 Å². The molecule has 2 fully saturated rings. The van der Waals surface area contributed by atoms with E-state index in [9.17, 15) is 4.79 Å². The van der Waals surface area contributed by atoms with E-state index in [-0.39, 0.29) is 11.9 Å².